The Kier molecular flexibility index (Phi) is 11.8. The second kappa shape index (κ2) is 13.8. The van der Waals surface area contributed by atoms with E-state index in [0.717, 1.165) is 23.5 Å². The van der Waals surface area contributed by atoms with Crippen LogP contribution in [0, 0.1) is 0 Å². The first-order chi connectivity index (χ1) is 14.1. The summed E-state index contributed by atoms with van der Waals surface area (Å²) < 4.78 is 22.0. The van der Waals surface area contributed by atoms with Crippen LogP contribution < -0.4 is 29.6 Å². The second-order valence-electron chi connectivity index (χ2n) is 6.04. The van der Waals surface area contributed by atoms with Crippen LogP contribution in [-0.4, -0.2) is 39.9 Å². The fraction of sp³-hybridized carbons (Fsp3) is 0.409. The predicted molar refractivity (Wildman–Crippen MR) is 132 cm³/mol. The summed E-state index contributed by atoms with van der Waals surface area (Å²) in [5, 5.41) is 6.56. The minimum atomic E-state index is 0. The lowest BCUT2D eigenvalue weighted by molar-refractivity contribution is 0.310. The lowest BCUT2D eigenvalue weighted by Crippen LogP contribution is -2.30. The van der Waals surface area contributed by atoms with Crippen LogP contribution in [-0.2, 0) is 6.54 Å². The number of methoxy groups -OCH3 is 2. The Hall–Kier alpha value is -2.36. The van der Waals surface area contributed by atoms with E-state index in [9.17, 15) is 0 Å². The van der Waals surface area contributed by atoms with Gasteiger partial charge in [-0.25, -0.2) is 4.99 Å². The highest BCUT2D eigenvalue weighted by atomic mass is 127. The molecule has 0 bridgehead atoms. The zero-order valence-corrected chi connectivity index (χ0v) is 20.6. The summed E-state index contributed by atoms with van der Waals surface area (Å²) in [7, 11) is 3.26. The third-order valence-electron chi connectivity index (χ3n) is 4.02. The van der Waals surface area contributed by atoms with E-state index in [0.29, 0.717) is 43.0 Å². The number of aliphatic imine (C=N–C) groups is 1. The summed E-state index contributed by atoms with van der Waals surface area (Å²) in [6.45, 7) is 8.31. The number of hydrogen-bond acceptors (Lipinski definition) is 5. The molecular formula is C22H32IN3O4. The van der Waals surface area contributed by atoms with Gasteiger partial charge < -0.3 is 29.6 Å². The van der Waals surface area contributed by atoms with Gasteiger partial charge in [-0.2, -0.15) is 0 Å². The van der Waals surface area contributed by atoms with Crippen molar-refractivity contribution in [3.8, 4) is 23.0 Å². The first-order valence-electron chi connectivity index (χ1n) is 9.80. The zero-order valence-electron chi connectivity index (χ0n) is 18.3. The largest absolute Gasteiger partial charge is 0.493 e. The molecule has 30 heavy (non-hydrogen) atoms. The van der Waals surface area contributed by atoms with Crippen LogP contribution in [0.5, 0.6) is 23.0 Å². The Morgan fingerprint density at radius 3 is 2.13 bits per heavy atom. The number of halogens is 1. The standard InChI is InChI=1S/C22H31N3O4.HI/c1-6-23-22(25-17-10-12-19(28-7-2)20(14-17)27-5)24-15-16-9-11-18(26-4)21(13-16)29-8-3;/h9-14H,6-8,15H2,1-5H3,(H2,23,24,25);1H. The SMILES string of the molecule is CCNC(=NCc1ccc(OC)c(OCC)c1)Nc1ccc(OCC)c(OC)c1.I. The normalized spacial score (nSPS) is 10.6. The van der Waals surface area contributed by atoms with Crippen molar-refractivity contribution in [1.82, 2.24) is 5.32 Å². The van der Waals surface area contributed by atoms with Crippen LogP contribution in [0.15, 0.2) is 41.4 Å². The molecule has 0 aromatic heterocycles. The molecule has 0 spiro atoms. The molecule has 0 aliphatic carbocycles. The molecule has 2 aromatic rings. The molecule has 8 heteroatoms. The van der Waals surface area contributed by atoms with Gasteiger partial charge >= 0.3 is 0 Å². The Morgan fingerprint density at radius 1 is 0.833 bits per heavy atom. The number of hydrogen-bond donors (Lipinski definition) is 2. The molecule has 166 valence electrons. The molecule has 0 radical (unpaired) electrons. The van der Waals surface area contributed by atoms with E-state index in [1.165, 1.54) is 0 Å². The number of nitrogens with zero attached hydrogens (tertiary/aromatic N) is 1. The molecule has 0 amide bonds. The lowest BCUT2D eigenvalue weighted by atomic mass is 10.2. The van der Waals surface area contributed by atoms with Crippen LogP contribution in [0.25, 0.3) is 0 Å². The van der Waals surface area contributed by atoms with Crippen molar-refractivity contribution in [1.29, 1.82) is 0 Å². The Labute approximate surface area is 196 Å². The minimum Gasteiger partial charge on any atom is -0.493 e. The van der Waals surface area contributed by atoms with E-state index in [1.807, 2.05) is 57.2 Å². The average Bonchev–Trinajstić information content (AvgIpc) is 2.73. The second-order valence-corrected chi connectivity index (χ2v) is 6.04. The number of guanidine groups is 1. The first kappa shape index (κ1) is 25.7. The summed E-state index contributed by atoms with van der Waals surface area (Å²) in [6.07, 6.45) is 0. The highest BCUT2D eigenvalue weighted by Gasteiger charge is 2.08. The summed E-state index contributed by atoms with van der Waals surface area (Å²) in [4.78, 5) is 4.68. The number of anilines is 1. The Morgan fingerprint density at radius 2 is 1.50 bits per heavy atom. The summed E-state index contributed by atoms with van der Waals surface area (Å²) in [5.41, 5.74) is 1.88. The predicted octanol–water partition coefficient (Wildman–Crippen LogP) is 4.70. The van der Waals surface area contributed by atoms with Gasteiger partial charge in [-0.05, 0) is 50.6 Å². The molecular weight excluding hydrogens is 497 g/mol. The molecule has 0 saturated carbocycles. The van der Waals surface area contributed by atoms with Crippen molar-refractivity contribution >= 4 is 35.6 Å². The molecule has 0 saturated heterocycles. The van der Waals surface area contributed by atoms with E-state index in [2.05, 4.69) is 15.6 Å². The van der Waals surface area contributed by atoms with E-state index in [1.54, 1.807) is 14.2 Å². The quantitative estimate of drug-likeness (QED) is 0.264. The van der Waals surface area contributed by atoms with Crippen molar-refractivity contribution < 1.29 is 18.9 Å². The van der Waals surface area contributed by atoms with E-state index >= 15 is 0 Å². The van der Waals surface area contributed by atoms with Gasteiger partial charge in [-0.15, -0.1) is 24.0 Å². The van der Waals surface area contributed by atoms with Gasteiger partial charge in [0.2, 0.25) is 0 Å². The Bertz CT molecular complexity index is 815. The zero-order chi connectivity index (χ0) is 21.1. The highest BCUT2D eigenvalue weighted by molar-refractivity contribution is 14.0. The third-order valence-corrected chi connectivity index (χ3v) is 4.02. The van der Waals surface area contributed by atoms with E-state index in [-0.39, 0.29) is 24.0 Å². The van der Waals surface area contributed by atoms with Crippen LogP contribution in [0.3, 0.4) is 0 Å². The number of benzene rings is 2. The van der Waals surface area contributed by atoms with Gasteiger partial charge in [0.15, 0.2) is 29.0 Å². The molecule has 2 aromatic carbocycles. The molecule has 7 nitrogen and oxygen atoms in total. The van der Waals surface area contributed by atoms with E-state index in [4.69, 9.17) is 18.9 Å². The van der Waals surface area contributed by atoms with Gasteiger partial charge in [-0.1, -0.05) is 6.07 Å². The molecule has 0 aliphatic heterocycles. The fourth-order valence-electron chi connectivity index (χ4n) is 2.72. The van der Waals surface area contributed by atoms with Crippen molar-refractivity contribution in [2.24, 2.45) is 4.99 Å². The number of ether oxygens (including phenoxy) is 4. The third kappa shape index (κ3) is 7.47. The summed E-state index contributed by atoms with van der Waals surface area (Å²) in [5.74, 6) is 3.49. The van der Waals surface area contributed by atoms with Crippen molar-refractivity contribution in [3.05, 3.63) is 42.0 Å². The smallest absolute Gasteiger partial charge is 0.196 e. The van der Waals surface area contributed by atoms with Crippen LogP contribution >= 0.6 is 24.0 Å². The molecule has 0 atom stereocenters. The first-order valence-corrected chi connectivity index (χ1v) is 9.80. The number of rotatable bonds is 10. The maximum absolute atomic E-state index is 5.64. The Balaban J connectivity index is 0.00000450. The molecule has 0 aliphatic rings. The van der Waals surface area contributed by atoms with Crippen LogP contribution in [0.4, 0.5) is 5.69 Å². The van der Waals surface area contributed by atoms with Gasteiger partial charge in [0.25, 0.3) is 0 Å². The van der Waals surface area contributed by atoms with Crippen LogP contribution in [0.2, 0.25) is 0 Å². The highest BCUT2D eigenvalue weighted by Crippen LogP contribution is 2.30. The number of nitrogens with one attached hydrogen (secondary N) is 2. The maximum Gasteiger partial charge on any atom is 0.196 e. The van der Waals surface area contributed by atoms with Crippen molar-refractivity contribution in [3.63, 3.8) is 0 Å². The van der Waals surface area contributed by atoms with Crippen molar-refractivity contribution in [2.75, 3.05) is 39.3 Å². The van der Waals surface area contributed by atoms with Gasteiger partial charge in [0.05, 0.1) is 34.0 Å². The lowest BCUT2D eigenvalue weighted by Gasteiger charge is -2.15. The van der Waals surface area contributed by atoms with E-state index < -0.39 is 0 Å². The van der Waals surface area contributed by atoms with Gasteiger partial charge in [0, 0.05) is 18.3 Å². The average molecular weight is 529 g/mol. The van der Waals surface area contributed by atoms with Crippen LogP contribution in [0.1, 0.15) is 26.3 Å². The summed E-state index contributed by atoms with van der Waals surface area (Å²) in [6, 6.07) is 11.5. The van der Waals surface area contributed by atoms with Crippen molar-refractivity contribution in [2.45, 2.75) is 27.3 Å². The molecule has 2 rings (SSSR count). The fourth-order valence-corrected chi connectivity index (χ4v) is 2.72. The van der Waals surface area contributed by atoms with Gasteiger partial charge in [0.1, 0.15) is 0 Å². The molecule has 2 N–H and O–H groups in total. The van der Waals surface area contributed by atoms with Gasteiger partial charge in [-0.3, -0.25) is 0 Å². The summed E-state index contributed by atoms with van der Waals surface area (Å²) >= 11 is 0. The molecule has 0 fully saturated rings. The topological polar surface area (TPSA) is 73.3 Å². The monoisotopic (exact) mass is 529 g/mol. The molecule has 0 unspecified atom stereocenters. The molecule has 0 heterocycles. The maximum atomic E-state index is 5.64. The minimum absolute atomic E-state index is 0.